The molecule has 2 heterocycles. The van der Waals surface area contributed by atoms with Crippen molar-refractivity contribution in [2.75, 3.05) is 26.7 Å². The summed E-state index contributed by atoms with van der Waals surface area (Å²) in [5.74, 6) is 0.449. The first-order chi connectivity index (χ1) is 11.6. The van der Waals surface area contributed by atoms with Crippen molar-refractivity contribution >= 4 is 35.3 Å². The van der Waals surface area contributed by atoms with Gasteiger partial charge < -0.3 is 10.2 Å². The largest absolute Gasteiger partial charge is 0.337 e. The van der Waals surface area contributed by atoms with Crippen LogP contribution in [-0.2, 0) is 0 Å². The third-order valence-electron chi connectivity index (χ3n) is 4.11. The number of nitro groups is 1. The lowest BCUT2D eigenvalue weighted by atomic mass is 10.1. The highest BCUT2D eigenvalue weighted by molar-refractivity contribution is 7.13. The van der Waals surface area contributed by atoms with Gasteiger partial charge in [0.1, 0.15) is 10.7 Å². The quantitative estimate of drug-likeness (QED) is 0.634. The molecule has 25 heavy (non-hydrogen) atoms. The van der Waals surface area contributed by atoms with E-state index in [4.69, 9.17) is 0 Å². The molecule has 1 amide bonds. The van der Waals surface area contributed by atoms with E-state index in [1.165, 1.54) is 23.5 Å². The minimum atomic E-state index is -0.435. The van der Waals surface area contributed by atoms with Crippen LogP contribution < -0.4 is 5.32 Å². The van der Waals surface area contributed by atoms with Crippen molar-refractivity contribution < 1.29 is 9.72 Å². The summed E-state index contributed by atoms with van der Waals surface area (Å²) in [6.45, 7) is 2.43. The van der Waals surface area contributed by atoms with Gasteiger partial charge in [0.05, 0.1) is 4.92 Å². The predicted molar refractivity (Wildman–Crippen MR) is 99.4 cm³/mol. The van der Waals surface area contributed by atoms with Crippen molar-refractivity contribution in [3.05, 3.63) is 45.5 Å². The van der Waals surface area contributed by atoms with E-state index in [0.717, 1.165) is 31.6 Å². The number of nitro benzene ring substituents is 1. The number of thiazole rings is 1. The van der Waals surface area contributed by atoms with Crippen molar-refractivity contribution in [3.63, 3.8) is 0 Å². The number of non-ortho nitro benzene ring substituents is 1. The SMILES string of the molecule is CNCC1CCN(C(=O)c2csc(-c3ccc([N+](=O)[O-])cc3)n2)C1.Cl. The Kier molecular flexibility index (Phi) is 6.46. The number of carbonyl (C=O) groups excluding carboxylic acids is 1. The molecule has 7 nitrogen and oxygen atoms in total. The Bertz CT molecular complexity index is 750. The molecule has 1 atom stereocenters. The zero-order valence-electron chi connectivity index (χ0n) is 13.7. The van der Waals surface area contributed by atoms with Crippen LogP contribution in [0.3, 0.4) is 0 Å². The highest BCUT2D eigenvalue weighted by Crippen LogP contribution is 2.27. The van der Waals surface area contributed by atoms with E-state index < -0.39 is 4.92 Å². The van der Waals surface area contributed by atoms with E-state index in [1.54, 1.807) is 17.5 Å². The minimum absolute atomic E-state index is 0. The van der Waals surface area contributed by atoms with Gasteiger partial charge in [-0.3, -0.25) is 14.9 Å². The summed E-state index contributed by atoms with van der Waals surface area (Å²) in [6.07, 6.45) is 1.01. The van der Waals surface area contributed by atoms with E-state index in [2.05, 4.69) is 10.3 Å². The Balaban J connectivity index is 0.00000225. The first-order valence-corrected chi connectivity index (χ1v) is 8.60. The number of nitrogens with zero attached hydrogens (tertiary/aromatic N) is 3. The first kappa shape index (κ1) is 19.3. The molecule has 0 saturated carbocycles. The van der Waals surface area contributed by atoms with Crippen LogP contribution in [0.5, 0.6) is 0 Å². The molecule has 134 valence electrons. The zero-order valence-corrected chi connectivity index (χ0v) is 15.3. The molecule has 1 aromatic carbocycles. The number of hydrogen-bond acceptors (Lipinski definition) is 6. The molecule has 1 saturated heterocycles. The molecule has 1 aliphatic rings. The number of halogens is 1. The summed E-state index contributed by atoms with van der Waals surface area (Å²) in [6, 6.07) is 6.20. The third kappa shape index (κ3) is 4.33. The summed E-state index contributed by atoms with van der Waals surface area (Å²) >= 11 is 1.37. The molecule has 1 aliphatic heterocycles. The number of nitrogens with one attached hydrogen (secondary N) is 1. The Morgan fingerprint density at radius 3 is 2.80 bits per heavy atom. The molecule has 1 fully saturated rings. The van der Waals surface area contributed by atoms with Crippen LogP contribution >= 0.6 is 23.7 Å². The third-order valence-corrected chi connectivity index (χ3v) is 5.01. The van der Waals surface area contributed by atoms with Gasteiger partial charge in [-0.05, 0) is 38.1 Å². The maximum atomic E-state index is 12.5. The Morgan fingerprint density at radius 2 is 2.16 bits per heavy atom. The fourth-order valence-electron chi connectivity index (χ4n) is 2.86. The summed E-state index contributed by atoms with van der Waals surface area (Å²) in [5.41, 5.74) is 1.26. The summed E-state index contributed by atoms with van der Waals surface area (Å²) in [7, 11) is 1.92. The predicted octanol–water partition coefficient (Wildman–Crippen LogP) is 2.82. The second-order valence-corrected chi connectivity index (χ2v) is 6.66. The summed E-state index contributed by atoms with van der Waals surface area (Å²) in [4.78, 5) is 29.1. The van der Waals surface area contributed by atoms with Crippen LogP contribution in [0, 0.1) is 16.0 Å². The van der Waals surface area contributed by atoms with Crippen LogP contribution in [-0.4, -0.2) is 47.4 Å². The molecule has 2 aromatic rings. The topological polar surface area (TPSA) is 88.4 Å². The van der Waals surface area contributed by atoms with Crippen molar-refractivity contribution in [1.29, 1.82) is 0 Å². The molecule has 0 aliphatic carbocycles. The standard InChI is InChI=1S/C16H18N4O3S.ClH/c1-17-8-11-6-7-19(9-11)16(21)14-10-24-15(18-14)12-2-4-13(5-3-12)20(22)23;/h2-5,10-11,17H,6-9H2,1H3;1H. The van der Waals surface area contributed by atoms with Gasteiger partial charge in [-0.1, -0.05) is 0 Å². The van der Waals surface area contributed by atoms with E-state index in [-0.39, 0.29) is 24.0 Å². The van der Waals surface area contributed by atoms with Gasteiger partial charge in [0.15, 0.2) is 0 Å². The molecule has 3 rings (SSSR count). The second kappa shape index (κ2) is 8.37. The van der Waals surface area contributed by atoms with Crippen LogP contribution in [0.15, 0.2) is 29.6 Å². The molecule has 0 spiro atoms. The first-order valence-electron chi connectivity index (χ1n) is 7.72. The summed E-state index contributed by atoms with van der Waals surface area (Å²) < 4.78 is 0. The van der Waals surface area contributed by atoms with Gasteiger partial charge in [0.25, 0.3) is 11.6 Å². The number of likely N-dealkylation sites (tertiary alicyclic amines) is 1. The monoisotopic (exact) mass is 382 g/mol. The lowest BCUT2D eigenvalue weighted by Gasteiger charge is -2.15. The molecule has 0 radical (unpaired) electrons. The van der Waals surface area contributed by atoms with Crippen molar-refractivity contribution in [3.8, 4) is 10.6 Å². The smallest absolute Gasteiger partial charge is 0.273 e. The number of hydrogen-bond donors (Lipinski definition) is 1. The van der Waals surface area contributed by atoms with Crippen molar-refractivity contribution in [2.45, 2.75) is 6.42 Å². The average Bonchev–Trinajstić information content (AvgIpc) is 3.24. The fourth-order valence-corrected chi connectivity index (χ4v) is 3.66. The number of rotatable bonds is 5. The number of amides is 1. The molecule has 0 bridgehead atoms. The van der Waals surface area contributed by atoms with Crippen LogP contribution in [0.25, 0.3) is 10.6 Å². The van der Waals surface area contributed by atoms with Crippen LogP contribution in [0.1, 0.15) is 16.9 Å². The Labute approximate surface area is 155 Å². The molecule has 1 N–H and O–H groups in total. The van der Waals surface area contributed by atoms with E-state index >= 15 is 0 Å². The number of benzene rings is 1. The Morgan fingerprint density at radius 1 is 1.44 bits per heavy atom. The van der Waals surface area contributed by atoms with Gasteiger partial charge >= 0.3 is 0 Å². The molecule has 1 aromatic heterocycles. The van der Waals surface area contributed by atoms with Gasteiger partial charge in [0.2, 0.25) is 0 Å². The molecular weight excluding hydrogens is 364 g/mol. The molecular formula is C16H19ClN4O3S. The van der Waals surface area contributed by atoms with E-state index in [9.17, 15) is 14.9 Å². The number of carbonyl (C=O) groups is 1. The maximum Gasteiger partial charge on any atom is 0.273 e. The zero-order chi connectivity index (χ0) is 17.1. The fraction of sp³-hybridized carbons (Fsp3) is 0.375. The van der Waals surface area contributed by atoms with E-state index in [1.807, 2.05) is 11.9 Å². The maximum absolute atomic E-state index is 12.5. The average molecular weight is 383 g/mol. The highest BCUT2D eigenvalue weighted by atomic mass is 35.5. The highest BCUT2D eigenvalue weighted by Gasteiger charge is 2.27. The van der Waals surface area contributed by atoms with Crippen molar-refractivity contribution in [2.24, 2.45) is 5.92 Å². The van der Waals surface area contributed by atoms with Gasteiger partial charge in [-0.2, -0.15) is 0 Å². The lowest BCUT2D eigenvalue weighted by molar-refractivity contribution is -0.384. The lowest BCUT2D eigenvalue weighted by Crippen LogP contribution is -2.30. The molecule has 1 unspecified atom stereocenters. The van der Waals surface area contributed by atoms with Gasteiger partial charge in [0, 0.05) is 36.2 Å². The Hall–Kier alpha value is -2.03. The number of aromatic nitrogens is 1. The second-order valence-electron chi connectivity index (χ2n) is 5.81. The summed E-state index contributed by atoms with van der Waals surface area (Å²) in [5, 5.41) is 16.3. The van der Waals surface area contributed by atoms with Gasteiger partial charge in [-0.15, -0.1) is 23.7 Å². The van der Waals surface area contributed by atoms with E-state index in [0.29, 0.717) is 16.6 Å². The normalized spacial score (nSPS) is 16.5. The van der Waals surface area contributed by atoms with Crippen LogP contribution in [0.2, 0.25) is 0 Å². The van der Waals surface area contributed by atoms with Crippen molar-refractivity contribution in [1.82, 2.24) is 15.2 Å². The van der Waals surface area contributed by atoms with Gasteiger partial charge in [-0.25, -0.2) is 4.98 Å². The minimum Gasteiger partial charge on any atom is -0.337 e. The van der Waals surface area contributed by atoms with Crippen LogP contribution in [0.4, 0.5) is 5.69 Å². The molecule has 9 heteroatoms.